The standard InChI is InChI=1S/C28H39BrN2O3/c1-8-24(27(33)30-16-19(2)3)31(17-21-12-10-9-11-20(21)4)26(32)18-34-25-14-13-22(15-23(25)29)28(5,6)7/h9-15,19,24H,8,16-18H2,1-7H3,(H,30,33)/t24-/m0/s1. The molecule has 2 aromatic carbocycles. The van der Waals surface area contributed by atoms with Crippen LogP contribution in [0.2, 0.25) is 0 Å². The Morgan fingerprint density at radius 1 is 1.12 bits per heavy atom. The van der Waals surface area contributed by atoms with Crippen LogP contribution in [0.5, 0.6) is 5.75 Å². The van der Waals surface area contributed by atoms with Crippen LogP contribution in [0.3, 0.4) is 0 Å². The number of nitrogens with zero attached hydrogens (tertiary/aromatic N) is 1. The van der Waals surface area contributed by atoms with Gasteiger partial charge in [-0.05, 0) is 69.4 Å². The first-order valence-electron chi connectivity index (χ1n) is 12.0. The summed E-state index contributed by atoms with van der Waals surface area (Å²) in [4.78, 5) is 28.1. The van der Waals surface area contributed by atoms with Crippen molar-refractivity contribution < 1.29 is 14.3 Å². The van der Waals surface area contributed by atoms with E-state index in [1.165, 1.54) is 5.56 Å². The third kappa shape index (κ3) is 7.86. The molecule has 0 unspecified atom stereocenters. The third-order valence-electron chi connectivity index (χ3n) is 5.82. The van der Waals surface area contributed by atoms with Crippen LogP contribution in [0, 0.1) is 12.8 Å². The van der Waals surface area contributed by atoms with E-state index in [2.05, 4.69) is 42.0 Å². The molecule has 1 atom stereocenters. The molecular weight excluding hydrogens is 492 g/mol. The van der Waals surface area contributed by atoms with E-state index in [1.54, 1.807) is 4.90 Å². The Balaban J connectivity index is 2.24. The summed E-state index contributed by atoms with van der Waals surface area (Å²) in [6.45, 7) is 15.3. The lowest BCUT2D eigenvalue weighted by molar-refractivity contribution is -0.143. The first-order valence-corrected chi connectivity index (χ1v) is 12.8. The molecule has 0 saturated heterocycles. The zero-order chi connectivity index (χ0) is 25.5. The van der Waals surface area contributed by atoms with Gasteiger partial charge in [0.05, 0.1) is 4.47 Å². The summed E-state index contributed by atoms with van der Waals surface area (Å²) in [5, 5.41) is 2.99. The number of hydrogen-bond acceptors (Lipinski definition) is 3. The van der Waals surface area contributed by atoms with Crippen molar-refractivity contribution in [2.45, 2.75) is 72.9 Å². The van der Waals surface area contributed by atoms with Crippen molar-refractivity contribution in [2.24, 2.45) is 5.92 Å². The Morgan fingerprint density at radius 2 is 1.79 bits per heavy atom. The Labute approximate surface area is 213 Å². The molecule has 0 saturated carbocycles. The van der Waals surface area contributed by atoms with Gasteiger partial charge in [-0.1, -0.05) is 71.9 Å². The summed E-state index contributed by atoms with van der Waals surface area (Å²) in [6.07, 6.45) is 0.519. The molecule has 0 heterocycles. The fraction of sp³-hybridized carbons (Fsp3) is 0.500. The normalized spacial score (nSPS) is 12.4. The van der Waals surface area contributed by atoms with Gasteiger partial charge in [-0.2, -0.15) is 0 Å². The average molecular weight is 532 g/mol. The quantitative estimate of drug-likeness (QED) is 0.408. The fourth-order valence-corrected chi connectivity index (χ4v) is 4.11. The molecule has 2 amide bonds. The van der Waals surface area contributed by atoms with Crippen LogP contribution < -0.4 is 10.1 Å². The number of halogens is 1. The van der Waals surface area contributed by atoms with E-state index in [1.807, 2.05) is 70.2 Å². The van der Waals surface area contributed by atoms with Crippen molar-refractivity contribution in [3.8, 4) is 5.75 Å². The molecule has 0 aliphatic heterocycles. The average Bonchev–Trinajstić information content (AvgIpc) is 2.77. The highest BCUT2D eigenvalue weighted by molar-refractivity contribution is 9.10. The molecule has 0 aliphatic carbocycles. The fourth-order valence-electron chi connectivity index (χ4n) is 3.62. The first kappa shape index (κ1) is 27.9. The van der Waals surface area contributed by atoms with Crippen molar-refractivity contribution >= 4 is 27.7 Å². The van der Waals surface area contributed by atoms with E-state index < -0.39 is 6.04 Å². The second kappa shape index (κ2) is 12.4. The van der Waals surface area contributed by atoms with E-state index >= 15 is 0 Å². The lowest BCUT2D eigenvalue weighted by Gasteiger charge is -2.31. The number of nitrogens with one attached hydrogen (secondary N) is 1. The smallest absolute Gasteiger partial charge is 0.261 e. The van der Waals surface area contributed by atoms with Crippen molar-refractivity contribution in [1.82, 2.24) is 10.2 Å². The number of ether oxygens (including phenoxy) is 1. The predicted molar refractivity (Wildman–Crippen MR) is 142 cm³/mol. The highest BCUT2D eigenvalue weighted by Crippen LogP contribution is 2.31. The van der Waals surface area contributed by atoms with Gasteiger partial charge < -0.3 is 15.0 Å². The Morgan fingerprint density at radius 3 is 2.35 bits per heavy atom. The Hall–Kier alpha value is -2.34. The van der Waals surface area contributed by atoms with E-state index in [-0.39, 0.29) is 23.8 Å². The molecule has 0 fully saturated rings. The number of carbonyl (C=O) groups is 2. The number of benzene rings is 2. The van der Waals surface area contributed by atoms with Crippen molar-refractivity contribution in [2.75, 3.05) is 13.2 Å². The number of hydrogen-bond donors (Lipinski definition) is 1. The van der Waals surface area contributed by atoms with Crippen LogP contribution in [-0.2, 0) is 21.5 Å². The summed E-state index contributed by atoms with van der Waals surface area (Å²) >= 11 is 3.58. The van der Waals surface area contributed by atoms with Crippen LogP contribution in [0.4, 0.5) is 0 Å². The minimum absolute atomic E-state index is 0.0128. The van der Waals surface area contributed by atoms with Gasteiger partial charge in [0.25, 0.3) is 5.91 Å². The molecular formula is C28H39BrN2O3. The number of carbonyl (C=O) groups excluding carboxylic acids is 2. The zero-order valence-electron chi connectivity index (χ0n) is 21.6. The SMILES string of the molecule is CC[C@@H](C(=O)NCC(C)C)N(Cc1ccccc1C)C(=O)COc1ccc(C(C)(C)C)cc1Br. The monoisotopic (exact) mass is 530 g/mol. The van der Waals surface area contributed by atoms with Gasteiger partial charge in [0.1, 0.15) is 11.8 Å². The van der Waals surface area contributed by atoms with Gasteiger partial charge in [0, 0.05) is 13.1 Å². The molecule has 0 radical (unpaired) electrons. The van der Waals surface area contributed by atoms with Crippen molar-refractivity contribution in [1.29, 1.82) is 0 Å². The van der Waals surface area contributed by atoms with Gasteiger partial charge in [-0.25, -0.2) is 0 Å². The zero-order valence-corrected chi connectivity index (χ0v) is 23.2. The molecule has 2 rings (SSSR count). The first-order chi connectivity index (χ1) is 15.9. The second-order valence-electron chi connectivity index (χ2n) is 10.2. The largest absolute Gasteiger partial charge is 0.483 e. The van der Waals surface area contributed by atoms with Crippen LogP contribution in [0.25, 0.3) is 0 Å². The molecule has 186 valence electrons. The number of rotatable bonds is 10. The Bertz CT molecular complexity index is 982. The van der Waals surface area contributed by atoms with E-state index in [0.29, 0.717) is 31.2 Å². The highest BCUT2D eigenvalue weighted by atomic mass is 79.9. The van der Waals surface area contributed by atoms with Crippen LogP contribution in [0.15, 0.2) is 46.9 Å². The molecule has 0 aliphatic rings. The van der Waals surface area contributed by atoms with Crippen LogP contribution in [-0.4, -0.2) is 35.9 Å². The molecule has 1 N–H and O–H groups in total. The van der Waals surface area contributed by atoms with Gasteiger partial charge in [-0.15, -0.1) is 0 Å². The third-order valence-corrected chi connectivity index (χ3v) is 6.44. The summed E-state index contributed by atoms with van der Waals surface area (Å²) < 4.78 is 6.72. The van der Waals surface area contributed by atoms with E-state index in [0.717, 1.165) is 15.6 Å². The van der Waals surface area contributed by atoms with Gasteiger partial charge in [-0.3, -0.25) is 9.59 Å². The highest BCUT2D eigenvalue weighted by Gasteiger charge is 2.29. The lowest BCUT2D eigenvalue weighted by Crippen LogP contribution is -2.50. The van der Waals surface area contributed by atoms with Crippen molar-refractivity contribution in [3.05, 3.63) is 63.6 Å². The maximum absolute atomic E-state index is 13.4. The topological polar surface area (TPSA) is 58.6 Å². The van der Waals surface area contributed by atoms with Gasteiger partial charge in [0.2, 0.25) is 5.91 Å². The number of aryl methyl sites for hydroxylation is 1. The van der Waals surface area contributed by atoms with Gasteiger partial charge >= 0.3 is 0 Å². The molecule has 5 nitrogen and oxygen atoms in total. The summed E-state index contributed by atoms with van der Waals surface area (Å²) in [6, 6.07) is 13.3. The molecule has 6 heteroatoms. The summed E-state index contributed by atoms with van der Waals surface area (Å²) in [5.41, 5.74) is 3.28. The van der Waals surface area contributed by atoms with Crippen LogP contribution >= 0.6 is 15.9 Å². The maximum atomic E-state index is 13.4. The Kier molecular flexibility index (Phi) is 10.2. The lowest BCUT2D eigenvalue weighted by atomic mass is 9.87. The maximum Gasteiger partial charge on any atom is 0.261 e. The van der Waals surface area contributed by atoms with Gasteiger partial charge in [0.15, 0.2) is 6.61 Å². The molecule has 34 heavy (non-hydrogen) atoms. The summed E-state index contributed by atoms with van der Waals surface area (Å²) in [5.74, 6) is 0.587. The van der Waals surface area contributed by atoms with Crippen molar-refractivity contribution in [3.63, 3.8) is 0 Å². The molecule has 0 bridgehead atoms. The summed E-state index contributed by atoms with van der Waals surface area (Å²) in [7, 11) is 0. The molecule has 0 aromatic heterocycles. The van der Waals surface area contributed by atoms with Crippen LogP contribution in [0.1, 0.15) is 64.7 Å². The second-order valence-corrected chi connectivity index (χ2v) is 11.0. The predicted octanol–water partition coefficient (Wildman–Crippen LogP) is 6.01. The minimum atomic E-state index is -0.568. The molecule has 2 aromatic rings. The molecule has 0 spiro atoms. The van der Waals surface area contributed by atoms with E-state index in [4.69, 9.17) is 4.74 Å². The number of amides is 2. The van der Waals surface area contributed by atoms with E-state index in [9.17, 15) is 9.59 Å². The minimum Gasteiger partial charge on any atom is -0.483 e.